The molecule has 0 aromatic heterocycles. The molecule has 0 unspecified atom stereocenters. The molecule has 2 fully saturated rings. The van der Waals surface area contributed by atoms with Gasteiger partial charge in [-0.05, 0) is 49.9 Å². The molecule has 4 nitrogen and oxygen atoms in total. The van der Waals surface area contributed by atoms with Crippen LogP contribution in [-0.2, 0) is 4.74 Å². The Morgan fingerprint density at radius 2 is 1.89 bits per heavy atom. The second kappa shape index (κ2) is 8.87. The van der Waals surface area contributed by atoms with Crippen molar-refractivity contribution in [3.63, 3.8) is 0 Å². The van der Waals surface area contributed by atoms with Gasteiger partial charge in [0.2, 0.25) is 0 Å². The number of hydrogen-bond donors (Lipinski definition) is 0. The summed E-state index contributed by atoms with van der Waals surface area (Å²) in [7, 11) is 1.78. The Morgan fingerprint density at radius 1 is 1.15 bits per heavy atom. The number of carbonyl (C=O) groups is 1. The summed E-state index contributed by atoms with van der Waals surface area (Å²) in [5, 5.41) is 0. The predicted octanol–water partition coefficient (Wildman–Crippen LogP) is 4.44. The van der Waals surface area contributed by atoms with Gasteiger partial charge in [-0.3, -0.25) is 4.79 Å². The zero-order chi connectivity index (χ0) is 19.4. The van der Waals surface area contributed by atoms with Crippen LogP contribution in [0, 0.1) is 0 Å². The second-order valence-electron chi connectivity index (χ2n) is 8.71. The lowest BCUT2D eigenvalue weighted by Crippen LogP contribution is -2.45. The number of likely N-dealkylation sites (tertiary alicyclic amines) is 1. The van der Waals surface area contributed by atoms with E-state index in [0.29, 0.717) is 12.1 Å². The van der Waals surface area contributed by atoms with Crippen molar-refractivity contribution in [2.45, 2.75) is 63.3 Å². The molecule has 2 aliphatic rings. The van der Waals surface area contributed by atoms with Crippen molar-refractivity contribution in [2.24, 2.45) is 0 Å². The number of methoxy groups -OCH3 is 1. The molecule has 1 amide bonds. The van der Waals surface area contributed by atoms with E-state index >= 15 is 0 Å². The largest absolute Gasteiger partial charge is 0.380 e. The minimum absolute atomic E-state index is 0.192. The molecular weight excluding hydrogens is 356 g/mol. The normalized spacial score (nSPS) is 23.7. The third-order valence-electron chi connectivity index (χ3n) is 5.55. The lowest BCUT2D eigenvalue weighted by molar-refractivity contribution is 0.0640. The lowest BCUT2D eigenvalue weighted by Gasteiger charge is -2.37. The number of benzene rings is 1. The van der Waals surface area contributed by atoms with Gasteiger partial charge in [0.25, 0.3) is 5.91 Å². The van der Waals surface area contributed by atoms with E-state index in [4.69, 9.17) is 4.74 Å². The maximum absolute atomic E-state index is 13.1. The van der Waals surface area contributed by atoms with Crippen molar-refractivity contribution >= 4 is 23.4 Å². The van der Waals surface area contributed by atoms with E-state index in [-0.39, 0.29) is 10.7 Å². The quantitative estimate of drug-likeness (QED) is 0.744. The Kier molecular flexibility index (Phi) is 6.74. The molecule has 0 N–H and O–H groups in total. The van der Waals surface area contributed by atoms with Crippen LogP contribution in [0.4, 0.5) is 5.69 Å². The van der Waals surface area contributed by atoms with Crippen molar-refractivity contribution in [3.8, 4) is 0 Å². The highest BCUT2D eigenvalue weighted by Crippen LogP contribution is 2.30. The molecule has 1 aromatic rings. The smallest absolute Gasteiger partial charge is 0.254 e. The highest BCUT2D eigenvalue weighted by Gasteiger charge is 2.29. The van der Waals surface area contributed by atoms with Crippen LogP contribution < -0.4 is 4.90 Å². The van der Waals surface area contributed by atoms with Crippen molar-refractivity contribution in [1.82, 2.24) is 4.90 Å². The molecule has 0 radical (unpaired) electrons. The summed E-state index contributed by atoms with van der Waals surface area (Å²) in [6.45, 7) is 9.58. The van der Waals surface area contributed by atoms with E-state index in [1.54, 1.807) is 7.11 Å². The molecule has 3 rings (SSSR count). The Labute approximate surface area is 168 Å². The number of anilines is 1. The molecule has 0 saturated carbocycles. The first-order valence-electron chi connectivity index (χ1n) is 10.2. The summed E-state index contributed by atoms with van der Waals surface area (Å²) < 4.78 is 5.70. The van der Waals surface area contributed by atoms with Crippen LogP contribution in [0.25, 0.3) is 0 Å². The summed E-state index contributed by atoms with van der Waals surface area (Å²) in [5.74, 6) is 1.22. The van der Waals surface area contributed by atoms with E-state index < -0.39 is 0 Å². The van der Waals surface area contributed by atoms with Gasteiger partial charge in [0, 0.05) is 54.5 Å². The SMILES string of the molecule is CO[C@H]1CCN(c2ccc(C(=O)N3CCCC[C@H]3CSC(C)(C)C)cc2)C1. The van der Waals surface area contributed by atoms with Gasteiger partial charge in [-0.15, -0.1) is 0 Å². The molecule has 0 bridgehead atoms. The first-order valence-corrected chi connectivity index (χ1v) is 11.2. The molecule has 0 spiro atoms. The molecule has 27 heavy (non-hydrogen) atoms. The van der Waals surface area contributed by atoms with Gasteiger partial charge in [-0.1, -0.05) is 20.8 Å². The lowest BCUT2D eigenvalue weighted by atomic mass is 10.0. The van der Waals surface area contributed by atoms with Crippen LogP contribution in [0.5, 0.6) is 0 Å². The average Bonchev–Trinajstić information content (AvgIpc) is 3.15. The molecule has 2 saturated heterocycles. The van der Waals surface area contributed by atoms with Gasteiger partial charge in [0.1, 0.15) is 0 Å². The zero-order valence-corrected chi connectivity index (χ0v) is 18.1. The number of rotatable bonds is 5. The average molecular weight is 391 g/mol. The third kappa shape index (κ3) is 5.41. The van der Waals surface area contributed by atoms with Gasteiger partial charge in [-0.25, -0.2) is 0 Å². The first-order chi connectivity index (χ1) is 12.9. The van der Waals surface area contributed by atoms with Gasteiger partial charge in [-0.2, -0.15) is 11.8 Å². The number of carbonyl (C=O) groups excluding carboxylic acids is 1. The Hall–Kier alpha value is -1.20. The molecule has 0 aliphatic carbocycles. The van der Waals surface area contributed by atoms with E-state index in [1.165, 1.54) is 12.1 Å². The number of nitrogens with zero attached hydrogens (tertiary/aromatic N) is 2. The van der Waals surface area contributed by atoms with Crippen LogP contribution in [0.15, 0.2) is 24.3 Å². The van der Waals surface area contributed by atoms with E-state index in [0.717, 1.165) is 50.2 Å². The van der Waals surface area contributed by atoms with Crippen LogP contribution in [-0.4, -0.2) is 60.2 Å². The minimum Gasteiger partial charge on any atom is -0.380 e. The zero-order valence-electron chi connectivity index (χ0n) is 17.2. The number of ether oxygens (including phenoxy) is 1. The highest BCUT2D eigenvalue weighted by molar-refractivity contribution is 8.00. The third-order valence-corrected chi connectivity index (χ3v) is 6.97. The minimum atomic E-state index is 0.192. The number of thioether (sulfide) groups is 1. The monoisotopic (exact) mass is 390 g/mol. The van der Waals surface area contributed by atoms with Crippen molar-refractivity contribution < 1.29 is 9.53 Å². The fourth-order valence-electron chi connectivity index (χ4n) is 3.92. The predicted molar refractivity (Wildman–Crippen MR) is 115 cm³/mol. The van der Waals surface area contributed by atoms with E-state index in [9.17, 15) is 4.79 Å². The number of hydrogen-bond acceptors (Lipinski definition) is 4. The van der Waals surface area contributed by atoms with Crippen LogP contribution in [0.3, 0.4) is 0 Å². The van der Waals surface area contributed by atoms with Crippen molar-refractivity contribution in [2.75, 3.05) is 37.4 Å². The van der Waals surface area contributed by atoms with Gasteiger partial charge < -0.3 is 14.5 Å². The Morgan fingerprint density at radius 3 is 2.52 bits per heavy atom. The standard InChI is InChI=1S/C22H34N2O2S/c1-22(2,3)27-16-19-7-5-6-13-24(19)21(25)17-8-10-18(11-9-17)23-14-12-20(15-23)26-4/h8-11,19-20H,5-7,12-16H2,1-4H3/t19-,20-/m0/s1. The number of piperidine rings is 1. The summed E-state index contributed by atoms with van der Waals surface area (Å²) in [6, 6.07) is 8.54. The van der Waals surface area contributed by atoms with Crippen LogP contribution in [0.2, 0.25) is 0 Å². The topological polar surface area (TPSA) is 32.8 Å². The molecular formula is C22H34N2O2S. The van der Waals surface area contributed by atoms with Crippen molar-refractivity contribution in [3.05, 3.63) is 29.8 Å². The molecule has 2 aliphatic heterocycles. The Balaban J connectivity index is 1.65. The molecule has 1 aromatic carbocycles. The van der Waals surface area contributed by atoms with Gasteiger partial charge >= 0.3 is 0 Å². The Bertz CT molecular complexity index is 626. The summed E-state index contributed by atoms with van der Waals surface area (Å²) >= 11 is 1.97. The second-order valence-corrected chi connectivity index (χ2v) is 10.6. The van der Waals surface area contributed by atoms with Crippen LogP contribution in [0.1, 0.15) is 56.8 Å². The summed E-state index contributed by atoms with van der Waals surface area (Å²) in [4.78, 5) is 17.6. The molecule has 150 valence electrons. The fourth-order valence-corrected chi connectivity index (χ4v) is 4.96. The maximum Gasteiger partial charge on any atom is 0.254 e. The maximum atomic E-state index is 13.1. The molecule has 2 atom stereocenters. The van der Waals surface area contributed by atoms with Gasteiger partial charge in [0.15, 0.2) is 0 Å². The summed E-state index contributed by atoms with van der Waals surface area (Å²) in [5.41, 5.74) is 2.00. The van der Waals surface area contributed by atoms with Crippen LogP contribution >= 0.6 is 11.8 Å². The van der Waals surface area contributed by atoms with Gasteiger partial charge in [0.05, 0.1) is 6.10 Å². The summed E-state index contributed by atoms with van der Waals surface area (Å²) in [6.07, 6.45) is 4.86. The molecule has 5 heteroatoms. The van der Waals surface area contributed by atoms with E-state index in [2.05, 4.69) is 42.7 Å². The van der Waals surface area contributed by atoms with Crippen molar-refractivity contribution in [1.29, 1.82) is 0 Å². The number of amides is 1. The fraction of sp³-hybridized carbons (Fsp3) is 0.682. The highest BCUT2D eigenvalue weighted by atomic mass is 32.2. The molecule has 2 heterocycles. The first kappa shape index (κ1) is 20.5. The van der Waals surface area contributed by atoms with E-state index in [1.807, 2.05) is 23.9 Å².